The number of rotatable bonds is 4. The maximum atomic E-state index is 12.5. The second-order valence-electron chi connectivity index (χ2n) is 5.37. The lowest BCUT2D eigenvalue weighted by Crippen LogP contribution is -2.47. The number of nitrogens with one attached hydrogen (secondary N) is 1. The van der Waals surface area contributed by atoms with Crippen molar-refractivity contribution in [2.24, 2.45) is 0 Å². The van der Waals surface area contributed by atoms with Gasteiger partial charge in [0.05, 0.1) is 19.2 Å². The molecule has 2 atom stereocenters. The van der Waals surface area contributed by atoms with Crippen molar-refractivity contribution >= 4 is 5.91 Å². The zero-order valence-electron chi connectivity index (χ0n) is 12.6. The maximum Gasteiger partial charge on any atom is 0.239 e. The smallest absolute Gasteiger partial charge is 0.239 e. The zero-order chi connectivity index (χ0) is 14.5. The Labute approximate surface area is 121 Å². The van der Waals surface area contributed by atoms with Crippen LogP contribution in [0.1, 0.15) is 37.8 Å². The van der Waals surface area contributed by atoms with E-state index in [1.165, 1.54) is 0 Å². The molecule has 4 heteroatoms. The van der Waals surface area contributed by atoms with Crippen molar-refractivity contribution in [1.29, 1.82) is 0 Å². The summed E-state index contributed by atoms with van der Waals surface area (Å²) in [6.07, 6.45) is 3.22. The number of hydrogen-bond acceptors (Lipinski definition) is 3. The highest BCUT2D eigenvalue weighted by Gasteiger charge is 2.27. The lowest BCUT2D eigenvalue weighted by atomic mass is 10.0. The number of ether oxygens (including phenoxy) is 1. The Balaban J connectivity index is 2.11. The molecule has 2 unspecified atom stereocenters. The Morgan fingerprint density at radius 3 is 2.80 bits per heavy atom. The Bertz CT molecular complexity index is 456. The van der Waals surface area contributed by atoms with Crippen LogP contribution in [0.5, 0.6) is 5.75 Å². The van der Waals surface area contributed by atoms with E-state index in [1.54, 1.807) is 7.11 Å². The number of carbonyl (C=O) groups is 1. The monoisotopic (exact) mass is 276 g/mol. The number of para-hydroxylation sites is 1. The van der Waals surface area contributed by atoms with Crippen LogP contribution in [-0.2, 0) is 4.79 Å². The molecule has 0 bridgehead atoms. The molecular formula is C16H24N2O2. The largest absolute Gasteiger partial charge is 0.496 e. The van der Waals surface area contributed by atoms with Gasteiger partial charge in [-0.05, 0) is 32.4 Å². The van der Waals surface area contributed by atoms with Crippen LogP contribution >= 0.6 is 0 Å². The van der Waals surface area contributed by atoms with Gasteiger partial charge in [0.2, 0.25) is 5.91 Å². The van der Waals surface area contributed by atoms with E-state index in [0.29, 0.717) is 0 Å². The number of methoxy groups -OCH3 is 1. The fourth-order valence-corrected chi connectivity index (χ4v) is 2.72. The summed E-state index contributed by atoms with van der Waals surface area (Å²) in [7, 11) is 3.53. The molecule has 2 rings (SSSR count). The molecule has 1 amide bonds. The summed E-state index contributed by atoms with van der Waals surface area (Å²) < 4.78 is 5.39. The van der Waals surface area contributed by atoms with E-state index >= 15 is 0 Å². The predicted octanol–water partition coefficient (Wildman–Crippen LogP) is 2.36. The molecule has 1 aliphatic rings. The van der Waals surface area contributed by atoms with Crippen LogP contribution in [0.4, 0.5) is 0 Å². The number of benzene rings is 1. The topological polar surface area (TPSA) is 41.6 Å². The maximum absolute atomic E-state index is 12.5. The van der Waals surface area contributed by atoms with Crippen molar-refractivity contribution < 1.29 is 9.53 Å². The molecule has 0 spiro atoms. The number of piperidine rings is 1. The number of hydrogen-bond donors (Lipinski definition) is 1. The van der Waals surface area contributed by atoms with Gasteiger partial charge < -0.3 is 15.0 Å². The highest BCUT2D eigenvalue weighted by molar-refractivity contribution is 5.82. The zero-order valence-corrected chi connectivity index (χ0v) is 12.6. The van der Waals surface area contributed by atoms with E-state index < -0.39 is 0 Å². The third-order valence-electron chi connectivity index (χ3n) is 4.13. The molecule has 0 saturated carbocycles. The highest BCUT2D eigenvalue weighted by atomic mass is 16.5. The molecule has 0 radical (unpaired) electrons. The molecular weight excluding hydrogens is 252 g/mol. The first-order chi connectivity index (χ1) is 9.65. The molecule has 1 saturated heterocycles. The molecule has 20 heavy (non-hydrogen) atoms. The Kier molecular flexibility index (Phi) is 5.01. The van der Waals surface area contributed by atoms with E-state index in [2.05, 4.69) is 5.32 Å². The van der Waals surface area contributed by atoms with E-state index in [4.69, 9.17) is 4.74 Å². The molecule has 1 aliphatic heterocycles. The van der Waals surface area contributed by atoms with Crippen molar-refractivity contribution in [2.45, 2.75) is 38.3 Å². The van der Waals surface area contributed by atoms with Gasteiger partial charge in [0.1, 0.15) is 5.75 Å². The summed E-state index contributed by atoms with van der Waals surface area (Å²) in [6, 6.07) is 7.84. The number of amides is 1. The molecule has 1 heterocycles. The highest BCUT2D eigenvalue weighted by Crippen LogP contribution is 2.28. The van der Waals surface area contributed by atoms with Crippen LogP contribution in [0.2, 0.25) is 0 Å². The van der Waals surface area contributed by atoms with Crippen LogP contribution in [0.25, 0.3) is 0 Å². The molecule has 1 N–H and O–H groups in total. The van der Waals surface area contributed by atoms with Gasteiger partial charge in [-0.15, -0.1) is 0 Å². The van der Waals surface area contributed by atoms with Gasteiger partial charge in [-0.3, -0.25) is 4.79 Å². The quantitative estimate of drug-likeness (QED) is 0.918. The summed E-state index contributed by atoms with van der Waals surface area (Å²) >= 11 is 0. The molecule has 4 nitrogen and oxygen atoms in total. The van der Waals surface area contributed by atoms with Crippen LogP contribution < -0.4 is 10.1 Å². The summed E-state index contributed by atoms with van der Waals surface area (Å²) in [5, 5.41) is 3.31. The van der Waals surface area contributed by atoms with Gasteiger partial charge in [0, 0.05) is 12.6 Å². The summed E-state index contributed by atoms with van der Waals surface area (Å²) in [4.78, 5) is 14.4. The Morgan fingerprint density at radius 1 is 1.40 bits per heavy atom. The minimum absolute atomic E-state index is 0.00220. The van der Waals surface area contributed by atoms with Gasteiger partial charge in [0.25, 0.3) is 0 Å². The molecule has 1 aromatic rings. The number of carbonyl (C=O) groups excluding carboxylic acids is 1. The first-order valence-corrected chi connectivity index (χ1v) is 7.28. The first-order valence-electron chi connectivity index (χ1n) is 7.28. The van der Waals surface area contributed by atoms with Crippen molar-refractivity contribution in [1.82, 2.24) is 10.2 Å². The van der Waals surface area contributed by atoms with E-state index in [-0.39, 0.29) is 18.0 Å². The summed E-state index contributed by atoms with van der Waals surface area (Å²) in [6.45, 7) is 2.98. The number of likely N-dealkylation sites (N-methyl/N-ethyl adjacent to an activating group) is 1. The van der Waals surface area contributed by atoms with Gasteiger partial charge >= 0.3 is 0 Å². The fourth-order valence-electron chi connectivity index (χ4n) is 2.72. The standard InChI is InChI=1S/C16H24N2O2/c1-12(13-8-4-5-10-15(13)20-3)18(2)16(19)14-9-6-7-11-17-14/h4-5,8,10,12,14,17H,6-7,9,11H2,1-3H3. The minimum Gasteiger partial charge on any atom is -0.496 e. The lowest BCUT2D eigenvalue weighted by Gasteiger charge is -2.32. The van der Waals surface area contributed by atoms with E-state index in [0.717, 1.165) is 37.1 Å². The second-order valence-corrected chi connectivity index (χ2v) is 5.37. The Hall–Kier alpha value is -1.55. The second kappa shape index (κ2) is 6.75. The van der Waals surface area contributed by atoms with Crippen molar-refractivity contribution in [2.75, 3.05) is 20.7 Å². The average molecular weight is 276 g/mol. The van der Waals surface area contributed by atoms with Crippen molar-refractivity contribution in [3.63, 3.8) is 0 Å². The van der Waals surface area contributed by atoms with Gasteiger partial charge in [-0.25, -0.2) is 0 Å². The van der Waals surface area contributed by atoms with Crippen molar-refractivity contribution in [3.8, 4) is 5.75 Å². The van der Waals surface area contributed by atoms with Gasteiger partial charge in [0.15, 0.2) is 0 Å². The SMILES string of the molecule is COc1ccccc1C(C)N(C)C(=O)C1CCCCN1. The summed E-state index contributed by atoms with van der Waals surface area (Å²) in [5.74, 6) is 0.999. The van der Waals surface area contributed by atoms with E-state index in [9.17, 15) is 4.79 Å². The van der Waals surface area contributed by atoms with Crippen LogP contribution in [0, 0.1) is 0 Å². The first kappa shape index (κ1) is 14.9. The molecule has 0 aliphatic carbocycles. The molecule has 1 fully saturated rings. The normalized spacial score (nSPS) is 20.2. The molecule has 110 valence electrons. The Morgan fingerprint density at radius 2 is 2.15 bits per heavy atom. The average Bonchev–Trinajstić information content (AvgIpc) is 2.53. The van der Waals surface area contributed by atoms with E-state index in [1.807, 2.05) is 43.1 Å². The van der Waals surface area contributed by atoms with Crippen molar-refractivity contribution in [3.05, 3.63) is 29.8 Å². The third kappa shape index (κ3) is 3.12. The van der Waals surface area contributed by atoms with Crippen LogP contribution in [-0.4, -0.2) is 37.6 Å². The number of nitrogens with zero attached hydrogens (tertiary/aromatic N) is 1. The summed E-state index contributed by atoms with van der Waals surface area (Å²) in [5.41, 5.74) is 1.04. The fraction of sp³-hybridized carbons (Fsp3) is 0.562. The van der Waals surface area contributed by atoms with Gasteiger partial charge in [-0.1, -0.05) is 24.6 Å². The van der Waals surface area contributed by atoms with Crippen LogP contribution in [0.15, 0.2) is 24.3 Å². The predicted molar refractivity (Wildman–Crippen MR) is 79.8 cm³/mol. The third-order valence-corrected chi connectivity index (χ3v) is 4.13. The van der Waals surface area contributed by atoms with Gasteiger partial charge in [-0.2, -0.15) is 0 Å². The molecule has 0 aromatic heterocycles. The minimum atomic E-state index is -0.0362. The molecule has 1 aromatic carbocycles. The van der Waals surface area contributed by atoms with Crippen LogP contribution in [0.3, 0.4) is 0 Å². The lowest BCUT2D eigenvalue weighted by molar-refractivity contribution is -0.134.